The van der Waals surface area contributed by atoms with Gasteiger partial charge in [0.15, 0.2) is 0 Å². The number of hydrogen-bond acceptors (Lipinski definition) is 7. The van der Waals surface area contributed by atoms with E-state index in [1.807, 2.05) is 6.07 Å². The first-order chi connectivity index (χ1) is 15.4. The van der Waals surface area contributed by atoms with Crippen LogP contribution in [0.3, 0.4) is 0 Å². The lowest BCUT2D eigenvalue weighted by Gasteiger charge is -2.35. The average molecular weight is 460 g/mol. The Morgan fingerprint density at radius 2 is 1.78 bits per heavy atom. The Kier molecular flexibility index (Phi) is 7.47. The SMILES string of the molecule is CCOC(=O)c1sc(NC(=O)N2CCNC(=O)[C@H]2c2ccccc2)c(C(=O)OCC)c1C. The fourth-order valence-electron chi connectivity index (χ4n) is 3.46. The summed E-state index contributed by atoms with van der Waals surface area (Å²) in [5.41, 5.74) is 1.14. The molecule has 32 heavy (non-hydrogen) atoms. The molecule has 170 valence electrons. The minimum Gasteiger partial charge on any atom is -0.462 e. The molecule has 3 amide bonds. The number of nitrogens with one attached hydrogen (secondary N) is 2. The molecule has 3 rings (SSSR count). The van der Waals surface area contributed by atoms with Crippen LogP contribution in [0.5, 0.6) is 0 Å². The molecule has 2 N–H and O–H groups in total. The predicted molar refractivity (Wildman–Crippen MR) is 119 cm³/mol. The quantitative estimate of drug-likeness (QED) is 0.642. The van der Waals surface area contributed by atoms with Gasteiger partial charge >= 0.3 is 18.0 Å². The Balaban J connectivity index is 1.94. The molecule has 0 bridgehead atoms. The lowest BCUT2D eigenvalue weighted by molar-refractivity contribution is -0.127. The minimum absolute atomic E-state index is 0.103. The largest absolute Gasteiger partial charge is 0.462 e. The normalized spacial score (nSPS) is 15.7. The first kappa shape index (κ1) is 23.3. The molecule has 2 aromatic rings. The minimum atomic E-state index is -0.818. The van der Waals surface area contributed by atoms with Gasteiger partial charge in [-0.15, -0.1) is 11.3 Å². The second kappa shape index (κ2) is 10.3. The lowest BCUT2D eigenvalue weighted by atomic mass is 10.0. The zero-order valence-corrected chi connectivity index (χ0v) is 18.9. The Bertz CT molecular complexity index is 1020. The highest BCUT2D eigenvalue weighted by atomic mass is 32.1. The maximum atomic E-state index is 13.2. The molecule has 1 saturated heterocycles. The van der Waals surface area contributed by atoms with Gasteiger partial charge in [-0.1, -0.05) is 30.3 Å². The number of anilines is 1. The van der Waals surface area contributed by atoms with Crippen molar-refractivity contribution in [2.75, 3.05) is 31.6 Å². The summed E-state index contributed by atoms with van der Waals surface area (Å²) in [5.74, 6) is -1.53. The van der Waals surface area contributed by atoms with E-state index in [-0.39, 0.29) is 41.1 Å². The van der Waals surface area contributed by atoms with Crippen LogP contribution in [0.1, 0.15) is 51.0 Å². The van der Waals surface area contributed by atoms with E-state index in [4.69, 9.17) is 9.47 Å². The van der Waals surface area contributed by atoms with E-state index >= 15 is 0 Å². The van der Waals surface area contributed by atoms with Gasteiger partial charge in [0.1, 0.15) is 15.9 Å². The lowest BCUT2D eigenvalue weighted by Crippen LogP contribution is -2.53. The zero-order valence-electron chi connectivity index (χ0n) is 18.1. The summed E-state index contributed by atoms with van der Waals surface area (Å²) >= 11 is 0.944. The summed E-state index contributed by atoms with van der Waals surface area (Å²) in [4.78, 5) is 52.3. The molecule has 0 spiro atoms. The van der Waals surface area contributed by atoms with Crippen LogP contribution >= 0.6 is 11.3 Å². The van der Waals surface area contributed by atoms with Crippen LogP contribution in [0.15, 0.2) is 30.3 Å². The van der Waals surface area contributed by atoms with Crippen LogP contribution in [0.4, 0.5) is 9.80 Å². The average Bonchev–Trinajstić information content (AvgIpc) is 3.10. The van der Waals surface area contributed by atoms with Gasteiger partial charge in [0, 0.05) is 13.1 Å². The first-order valence-corrected chi connectivity index (χ1v) is 11.1. The van der Waals surface area contributed by atoms with Gasteiger partial charge in [0.25, 0.3) is 0 Å². The molecule has 1 atom stereocenters. The first-order valence-electron chi connectivity index (χ1n) is 10.3. The molecule has 0 saturated carbocycles. The molecule has 1 aliphatic heterocycles. The summed E-state index contributed by atoms with van der Waals surface area (Å²) < 4.78 is 10.2. The third-order valence-electron chi connectivity index (χ3n) is 4.90. The highest BCUT2D eigenvalue weighted by Gasteiger charge is 2.36. The summed E-state index contributed by atoms with van der Waals surface area (Å²) in [6.07, 6.45) is 0. The van der Waals surface area contributed by atoms with Crippen molar-refractivity contribution in [2.45, 2.75) is 26.8 Å². The van der Waals surface area contributed by atoms with Crippen molar-refractivity contribution < 1.29 is 28.7 Å². The van der Waals surface area contributed by atoms with Crippen LogP contribution in [0.2, 0.25) is 0 Å². The molecule has 0 radical (unpaired) electrons. The van der Waals surface area contributed by atoms with Crippen molar-refractivity contribution in [2.24, 2.45) is 0 Å². The fraction of sp³-hybridized carbons (Fsp3) is 0.364. The van der Waals surface area contributed by atoms with Crippen molar-refractivity contribution in [3.8, 4) is 0 Å². The van der Waals surface area contributed by atoms with E-state index in [1.54, 1.807) is 45.0 Å². The van der Waals surface area contributed by atoms with Gasteiger partial charge in [0.2, 0.25) is 5.91 Å². The Morgan fingerprint density at radius 1 is 1.12 bits per heavy atom. The van der Waals surface area contributed by atoms with Crippen molar-refractivity contribution >= 4 is 40.2 Å². The van der Waals surface area contributed by atoms with E-state index in [2.05, 4.69) is 10.6 Å². The molecule has 0 unspecified atom stereocenters. The van der Waals surface area contributed by atoms with Crippen LogP contribution < -0.4 is 10.6 Å². The molecule has 1 aliphatic rings. The van der Waals surface area contributed by atoms with Crippen LogP contribution in [0.25, 0.3) is 0 Å². The predicted octanol–water partition coefficient (Wildman–Crippen LogP) is 3.11. The third kappa shape index (κ3) is 4.75. The number of carbonyl (C=O) groups excluding carboxylic acids is 4. The van der Waals surface area contributed by atoms with Crippen molar-refractivity contribution in [1.29, 1.82) is 0 Å². The smallest absolute Gasteiger partial charge is 0.348 e. The van der Waals surface area contributed by atoms with Gasteiger partial charge in [-0.05, 0) is 31.9 Å². The summed E-state index contributed by atoms with van der Waals surface area (Å²) in [5, 5.41) is 5.66. The van der Waals surface area contributed by atoms with Gasteiger partial charge < -0.3 is 19.7 Å². The van der Waals surface area contributed by atoms with E-state index in [9.17, 15) is 19.2 Å². The number of piperazine rings is 1. The molecule has 10 heteroatoms. The van der Waals surface area contributed by atoms with Crippen molar-refractivity contribution in [3.05, 3.63) is 51.9 Å². The number of benzene rings is 1. The number of thiophene rings is 1. The molecular weight excluding hydrogens is 434 g/mol. The van der Waals surface area contributed by atoms with E-state index < -0.39 is 24.0 Å². The van der Waals surface area contributed by atoms with Crippen molar-refractivity contribution in [1.82, 2.24) is 10.2 Å². The Hall–Kier alpha value is -3.40. The maximum absolute atomic E-state index is 13.2. The topological polar surface area (TPSA) is 114 Å². The number of amides is 3. The molecule has 2 heterocycles. The van der Waals surface area contributed by atoms with Gasteiger partial charge in [0.05, 0.1) is 18.8 Å². The second-order valence-electron chi connectivity index (χ2n) is 6.93. The number of rotatable bonds is 6. The molecule has 1 aromatic carbocycles. The van der Waals surface area contributed by atoms with E-state index in [1.165, 1.54) is 4.90 Å². The van der Waals surface area contributed by atoms with Gasteiger partial charge in [-0.25, -0.2) is 14.4 Å². The number of esters is 2. The van der Waals surface area contributed by atoms with E-state index in [0.29, 0.717) is 17.7 Å². The van der Waals surface area contributed by atoms with Crippen molar-refractivity contribution in [3.63, 3.8) is 0 Å². The second-order valence-corrected chi connectivity index (χ2v) is 7.95. The fourth-order valence-corrected chi connectivity index (χ4v) is 4.54. The number of hydrogen-bond donors (Lipinski definition) is 2. The van der Waals surface area contributed by atoms with Gasteiger partial charge in [-0.3, -0.25) is 10.1 Å². The Morgan fingerprint density at radius 3 is 2.44 bits per heavy atom. The zero-order chi connectivity index (χ0) is 23.3. The number of carbonyl (C=O) groups is 4. The molecular formula is C22H25N3O6S. The Labute approximate surface area is 189 Å². The van der Waals surface area contributed by atoms with Crippen LogP contribution in [-0.2, 0) is 14.3 Å². The van der Waals surface area contributed by atoms with Crippen LogP contribution in [-0.4, -0.2) is 55.1 Å². The highest BCUT2D eigenvalue weighted by Crippen LogP contribution is 2.35. The summed E-state index contributed by atoms with van der Waals surface area (Å²) in [7, 11) is 0. The van der Waals surface area contributed by atoms with Gasteiger partial charge in [-0.2, -0.15) is 0 Å². The molecule has 9 nitrogen and oxygen atoms in total. The standard InChI is InChI=1S/C22H25N3O6S/c1-4-30-20(27)15-13(3)17(21(28)31-5-2)32-19(15)24-22(29)25-12-11-23-18(26)16(25)14-9-7-6-8-10-14/h6-10,16H,4-5,11-12H2,1-3H3,(H,23,26)(H,24,29)/t16-/m1/s1. The summed E-state index contributed by atoms with van der Waals surface area (Å²) in [6.45, 7) is 5.85. The molecule has 0 aliphatic carbocycles. The number of ether oxygens (including phenoxy) is 2. The summed E-state index contributed by atoms with van der Waals surface area (Å²) in [6, 6.07) is 7.58. The maximum Gasteiger partial charge on any atom is 0.348 e. The highest BCUT2D eigenvalue weighted by molar-refractivity contribution is 7.18. The third-order valence-corrected chi connectivity index (χ3v) is 6.08. The molecule has 1 fully saturated rings. The monoisotopic (exact) mass is 459 g/mol. The van der Waals surface area contributed by atoms with E-state index in [0.717, 1.165) is 11.3 Å². The molecule has 1 aromatic heterocycles. The number of urea groups is 1. The number of nitrogens with zero attached hydrogens (tertiary/aromatic N) is 1. The van der Waals surface area contributed by atoms with Crippen LogP contribution in [0, 0.1) is 6.92 Å².